The van der Waals surface area contributed by atoms with Crippen LogP contribution in [0.1, 0.15) is 51.7 Å². The Hall–Kier alpha value is -0.450. The van der Waals surface area contributed by atoms with Crippen molar-refractivity contribution in [2.75, 3.05) is 7.05 Å². The van der Waals surface area contributed by atoms with Crippen molar-refractivity contribution in [3.8, 4) is 0 Å². The number of nitrogens with zero attached hydrogens (tertiary/aromatic N) is 2. The molecule has 0 fully saturated rings. The van der Waals surface area contributed by atoms with Gasteiger partial charge in [-0.1, -0.05) is 27.7 Å². The van der Waals surface area contributed by atoms with Gasteiger partial charge < -0.3 is 5.32 Å². The highest BCUT2D eigenvalue weighted by Crippen LogP contribution is 2.15. The Morgan fingerprint density at radius 3 is 2.53 bits per heavy atom. The molecule has 1 aromatic heterocycles. The minimum absolute atomic E-state index is 0.515. The van der Waals surface area contributed by atoms with E-state index in [9.17, 15) is 0 Å². The first-order valence-electron chi connectivity index (χ1n) is 7.25. The highest BCUT2D eigenvalue weighted by atomic mass is 32.1. The molecule has 1 rings (SSSR count). The Morgan fingerprint density at radius 1 is 1.26 bits per heavy atom. The van der Waals surface area contributed by atoms with Crippen molar-refractivity contribution < 1.29 is 0 Å². The molecule has 4 heteroatoms. The zero-order chi connectivity index (χ0) is 14.4. The van der Waals surface area contributed by atoms with Crippen LogP contribution in [0.2, 0.25) is 0 Å². The van der Waals surface area contributed by atoms with E-state index in [1.165, 1.54) is 17.1 Å². The van der Waals surface area contributed by atoms with Crippen molar-refractivity contribution in [2.45, 2.75) is 66.2 Å². The highest BCUT2D eigenvalue weighted by Gasteiger charge is 2.13. The zero-order valence-corrected chi connectivity index (χ0v) is 14.0. The first-order valence-corrected chi connectivity index (χ1v) is 8.13. The van der Waals surface area contributed by atoms with Crippen LogP contribution in [0.4, 0.5) is 0 Å². The second-order valence-corrected chi connectivity index (χ2v) is 7.10. The van der Waals surface area contributed by atoms with Crippen LogP contribution in [0.3, 0.4) is 0 Å². The average molecular weight is 283 g/mol. The lowest BCUT2D eigenvalue weighted by atomic mass is 10.0. The van der Waals surface area contributed by atoms with Crippen LogP contribution < -0.4 is 5.32 Å². The van der Waals surface area contributed by atoms with Crippen LogP contribution >= 0.6 is 11.3 Å². The zero-order valence-electron chi connectivity index (χ0n) is 13.2. The molecule has 0 saturated carbocycles. The van der Waals surface area contributed by atoms with Crippen LogP contribution in [0.5, 0.6) is 0 Å². The van der Waals surface area contributed by atoms with Gasteiger partial charge >= 0.3 is 0 Å². The number of hydrogen-bond donors (Lipinski definition) is 1. The van der Waals surface area contributed by atoms with Gasteiger partial charge in [-0.05, 0) is 26.3 Å². The molecule has 1 aromatic rings. The maximum atomic E-state index is 4.70. The van der Waals surface area contributed by atoms with Crippen LogP contribution in [0.25, 0.3) is 0 Å². The summed E-state index contributed by atoms with van der Waals surface area (Å²) < 4.78 is 0. The molecule has 0 aliphatic heterocycles. The first-order chi connectivity index (χ1) is 8.88. The molecule has 0 aliphatic carbocycles. The largest absolute Gasteiger partial charge is 0.308 e. The molecule has 0 radical (unpaired) electrons. The second kappa shape index (κ2) is 7.98. The summed E-state index contributed by atoms with van der Waals surface area (Å²) >= 11 is 1.76. The molecule has 0 bridgehead atoms. The van der Waals surface area contributed by atoms with Crippen LogP contribution in [0, 0.1) is 5.92 Å². The summed E-state index contributed by atoms with van der Waals surface area (Å²) in [7, 11) is 2.19. The van der Waals surface area contributed by atoms with Crippen molar-refractivity contribution in [1.29, 1.82) is 0 Å². The van der Waals surface area contributed by atoms with E-state index in [0.29, 0.717) is 12.1 Å². The van der Waals surface area contributed by atoms with E-state index in [1.54, 1.807) is 11.3 Å². The van der Waals surface area contributed by atoms with Crippen LogP contribution in [-0.2, 0) is 13.1 Å². The third-order valence-electron chi connectivity index (χ3n) is 3.24. The number of nitrogens with one attached hydrogen (secondary N) is 1. The maximum absolute atomic E-state index is 4.70. The summed E-state index contributed by atoms with van der Waals surface area (Å²) in [6.07, 6.45) is 1.24. The molecule has 0 amide bonds. The predicted molar refractivity (Wildman–Crippen MR) is 84.5 cm³/mol. The third-order valence-corrected chi connectivity index (χ3v) is 4.13. The molecule has 0 spiro atoms. The predicted octanol–water partition coefficient (Wildman–Crippen LogP) is 3.51. The van der Waals surface area contributed by atoms with E-state index >= 15 is 0 Å². The van der Waals surface area contributed by atoms with Gasteiger partial charge in [0.25, 0.3) is 0 Å². The van der Waals surface area contributed by atoms with Gasteiger partial charge in [-0.25, -0.2) is 4.98 Å². The lowest BCUT2D eigenvalue weighted by Gasteiger charge is -2.25. The van der Waals surface area contributed by atoms with Crippen LogP contribution in [-0.4, -0.2) is 29.0 Å². The Balaban J connectivity index is 2.44. The van der Waals surface area contributed by atoms with Gasteiger partial charge in [-0.2, -0.15) is 0 Å². The molecule has 110 valence electrons. The summed E-state index contributed by atoms with van der Waals surface area (Å²) in [4.78, 5) is 7.10. The molecular formula is C15H29N3S. The summed E-state index contributed by atoms with van der Waals surface area (Å²) in [5, 5.41) is 6.79. The van der Waals surface area contributed by atoms with Gasteiger partial charge in [0.2, 0.25) is 0 Å². The summed E-state index contributed by atoms with van der Waals surface area (Å²) in [6.45, 7) is 13.0. The number of aromatic nitrogens is 1. The van der Waals surface area contributed by atoms with E-state index < -0.39 is 0 Å². The monoisotopic (exact) mass is 283 g/mol. The minimum Gasteiger partial charge on any atom is -0.308 e. The molecule has 0 aliphatic rings. The Labute approximate surface area is 122 Å². The molecule has 1 unspecified atom stereocenters. The Bertz CT molecular complexity index is 360. The number of rotatable bonds is 8. The quantitative estimate of drug-likeness (QED) is 0.791. The van der Waals surface area contributed by atoms with Crippen molar-refractivity contribution in [3.05, 3.63) is 16.1 Å². The number of thiazole rings is 1. The molecule has 1 heterocycles. The second-order valence-electron chi connectivity index (χ2n) is 6.16. The smallest absolute Gasteiger partial charge is 0.107 e. The average Bonchev–Trinajstić information content (AvgIpc) is 2.73. The summed E-state index contributed by atoms with van der Waals surface area (Å²) in [6, 6.07) is 1.13. The Morgan fingerprint density at radius 2 is 1.95 bits per heavy atom. The van der Waals surface area contributed by atoms with Gasteiger partial charge in [-0.15, -0.1) is 11.3 Å². The standard InChI is InChI=1S/C15H29N3S/c1-11(2)7-13(5)18(6)9-14-10-19-15(17-14)8-16-12(3)4/h10-13,16H,7-9H2,1-6H3. The van der Waals surface area contributed by atoms with E-state index in [1.807, 2.05) is 0 Å². The molecular weight excluding hydrogens is 254 g/mol. The van der Waals surface area contributed by atoms with E-state index in [4.69, 9.17) is 4.98 Å². The first kappa shape index (κ1) is 16.6. The third kappa shape index (κ3) is 6.50. The molecule has 1 atom stereocenters. The summed E-state index contributed by atoms with van der Waals surface area (Å²) in [5.41, 5.74) is 1.20. The summed E-state index contributed by atoms with van der Waals surface area (Å²) in [5.74, 6) is 0.749. The van der Waals surface area contributed by atoms with Crippen molar-refractivity contribution in [3.63, 3.8) is 0 Å². The number of hydrogen-bond acceptors (Lipinski definition) is 4. The molecule has 3 nitrogen and oxygen atoms in total. The van der Waals surface area contributed by atoms with Crippen molar-refractivity contribution >= 4 is 11.3 Å². The maximum Gasteiger partial charge on any atom is 0.107 e. The lowest BCUT2D eigenvalue weighted by Crippen LogP contribution is -2.29. The lowest BCUT2D eigenvalue weighted by molar-refractivity contribution is 0.218. The van der Waals surface area contributed by atoms with Gasteiger partial charge in [0.15, 0.2) is 0 Å². The van der Waals surface area contributed by atoms with Gasteiger partial charge in [0.1, 0.15) is 5.01 Å². The van der Waals surface area contributed by atoms with Crippen molar-refractivity contribution in [2.24, 2.45) is 5.92 Å². The normalized spacial score (nSPS) is 13.7. The van der Waals surface area contributed by atoms with E-state index in [-0.39, 0.29) is 0 Å². The van der Waals surface area contributed by atoms with E-state index in [2.05, 4.69) is 57.3 Å². The van der Waals surface area contributed by atoms with Gasteiger partial charge in [0.05, 0.1) is 5.69 Å². The van der Waals surface area contributed by atoms with Gasteiger partial charge in [-0.3, -0.25) is 4.90 Å². The minimum atomic E-state index is 0.515. The fraction of sp³-hybridized carbons (Fsp3) is 0.800. The highest BCUT2D eigenvalue weighted by molar-refractivity contribution is 7.09. The molecule has 0 aromatic carbocycles. The molecule has 19 heavy (non-hydrogen) atoms. The fourth-order valence-electron chi connectivity index (χ4n) is 2.07. The Kier molecular flexibility index (Phi) is 6.97. The SMILES string of the molecule is CC(C)CC(C)N(C)Cc1csc(CNC(C)C)n1. The van der Waals surface area contributed by atoms with Crippen LogP contribution in [0.15, 0.2) is 5.38 Å². The van der Waals surface area contributed by atoms with Gasteiger partial charge in [0, 0.05) is 30.6 Å². The van der Waals surface area contributed by atoms with Crippen molar-refractivity contribution in [1.82, 2.24) is 15.2 Å². The fourth-order valence-corrected chi connectivity index (χ4v) is 2.80. The molecule has 0 saturated heterocycles. The molecule has 1 N–H and O–H groups in total. The topological polar surface area (TPSA) is 28.2 Å². The van der Waals surface area contributed by atoms with E-state index in [0.717, 1.165) is 19.0 Å².